The van der Waals surface area contributed by atoms with Crippen LogP contribution in [0.5, 0.6) is 5.75 Å². The highest BCUT2D eigenvalue weighted by Crippen LogP contribution is 2.32. The average molecular weight is 290 g/mol. The molecule has 1 amide bonds. The van der Waals surface area contributed by atoms with E-state index >= 15 is 0 Å². The highest BCUT2D eigenvalue weighted by molar-refractivity contribution is 5.82. The highest BCUT2D eigenvalue weighted by atomic mass is 16.5. The van der Waals surface area contributed by atoms with Gasteiger partial charge in [0.1, 0.15) is 5.75 Å². The Morgan fingerprint density at radius 1 is 1.38 bits per heavy atom. The Labute approximate surface area is 127 Å². The molecule has 1 aromatic rings. The number of carbonyl (C=O) groups excluding carboxylic acids is 1. The lowest BCUT2D eigenvalue weighted by Crippen LogP contribution is -2.45. The van der Waals surface area contributed by atoms with Gasteiger partial charge in [0.25, 0.3) is 5.91 Å². The lowest BCUT2D eigenvalue weighted by Gasteiger charge is -2.30. The zero-order chi connectivity index (χ0) is 15.8. The largest absolute Gasteiger partial charge is 0.480 e. The van der Waals surface area contributed by atoms with Crippen LogP contribution in [0, 0.1) is 19.3 Å². The minimum atomic E-state index is -0.403. The molecule has 116 valence electrons. The van der Waals surface area contributed by atoms with Crippen molar-refractivity contribution in [3.63, 3.8) is 0 Å². The number of ether oxygens (including phenoxy) is 1. The molecule has 1 unspecified atom stereocenters. The van der Waals surface area contributed by atoms with E-state index in [0.29, 0.717) is 19.5 Å². The second kappa shape index (κ2) is 5.68. The SMILES string of the molecule is Cc1cc2c(cc1C)OC(C(=O)N(C)CC(C)(C)CN)C2. The molecule has 0 radical (unpaired) electrons. The number of nitrogens with two attached hydrogens (primary N) is 1. The standard InChI is InChI=1S/C17H26N2O2/c1-11-6-13-8-15(21-14(13)7-12(11)2)16(20)19(5)10-17(3,4)9-18/h6-7,15H,8-10,18H2,1-5H3. The summed E-state index contributed by atoms with van der Waals surface area (Å²) in [4.78, 5) is 14.3. The van der Waals surface area contributed by atoms with E-state index in [9.17, 15) is 4.79 Å². The van der Waals surface area contributed by atoms with Crippen molar-refractivity contribution in [2.24, 2.45) is 11.1 Å². The van der Waals surface area contributed by atoms with Gasteiger partial charge in [-0.15, -0.1) is 0 Å². The van der Waals surface area contributed by atoms with E-state index in [1.807, 2.05) is 13.1 Å². The number of benzene rings is 1. The maximum absolute atomic E-state index is 12.5. The number of likely N-dealkylation sites (N-methyl/N-ethyl adjacent to an activating group) is 1. The molecule has 1 aromatic carbocycles. The minimum Gasteiger partial charge on any atom is -0.480 e. The molecular formula is C17H26N2O2. The van der Waals surface area contributed by atoms with Gasteiger partial charge in [0.15, 0.2) is 6.10 Å². The van der Waals surface area contributed by atoms with Crippen LogP contribution in [0.15, 0.2) is 12.1 Å². The molecule has 0 bridgehead atoms. The smallest absolute Gasteiger partial charge is 0.263 e. The van der Waals surface area contributed by atoms with Crippen LogP contribution in [-0.4, -0.2) is 37.0 Å². The predicted octanol–water partition coefficient (Wildman–Crippen LogP) is 2.05. The maximum atomic E-state index is 12.5. The first-order valence-corrected chi connectivity index (χ1v) is 7.45. The zero-order valence-corrected chi connectivity index (χ0v) is 13.7. The van der Waals surface area contributed by atoms with Gasteiger partial charge < -0.3 is 15.4 Å². The lowest BCUT2D eigenvalue weighted by atomic mass is 9.93. The zero-order valence-electron chi connectivity index (χ0n) is 13.7. The predicted molar refractivity (Wildman–Crippen MR) is 84.5 cm³/mol. The Morgan fingerprint density at radius 2 is 2.00 bits per heavy atom. The third kappa shape index (κ3) is 3.38. The van der Waals surface area contributed by atoms with Gasteiger partial charge in [0.05, 0.1) is 0 Å². The summed E-state index contributed by atoms with van der Waals surface area (Å²) in [5, 5.41) is 0. The van der Waals surface area contributed by atoms with Gasteiger partial charge in [-0.25, -0.2) is 0 Å². The Bertz CT molecular complexity index is 521. The van der Waals surface area contributed by atoms with Gasteiger partial charge in [-0.3, -0.25) is 4.79 Å². The second-order valence-corrected chi connectivity index (χ2v) is 6.92. The summed E-state index contributed by atoms with van der Waals surface area (Å²) in [6.07, 6.45) is 0.252. The van der Waals surface area contributed by atoms with Gasteiger partial charge in [0, 0.05) is 20.0 Å². The molecule has 1 aliphatic heterocycles. The summed E-state index contributed by atoms with van der Waals surface area (Å²) in [7, 11) is 1.82. The molecule has 0 aromatic heterocycles. The van der Waals surface area contributed by atoms with Crippen molar-refractivity contribution in [1.29, 1.82) is 0 Å². The topological polar surface area (TPSA) is 55.6 Å². The van der Waals surface area contributed by atoms with E-state index in [1.54, 1.807) is 4.90 Å². The van der Waals surface area contributed by atoms with Crippen molar-refractivity contribution >= 4 is 5.91 Å². The Balaban J connectivity index is 2.06. The molecule has 21 heavy (non-hydrogen) atoms. The lowest BCUT2D eigenvalue weighted by molar-refractivity contribution is -0.137. The van der Waals surface area contributed by atoms with Gasteiger partial charge in [-0.1, -0.05) is 19.9 Å². The number of fused-ring (bicyclic) bond motifs is 1. The summed E-state index contributed by atoms with van der Waals surface area (Å²) < 4.78 is 5.85. The molecular weight excluding hydrogens is 264 g/mol. The molecule has 1 atom stereocenters. The van der Waals surface area contributed by atoms with Crippen molar-refractivity contribution in [2.75, 3.05) is 20.1 Å². The number of nitrogens with zero attached hydrogens (tertiary/aromatic N) is 1. The first-order chi connectivity index (χ1) is 9.73. The summed E-state index contributed by atoms with van der Waals surface area (Å²) in [6.45, 7) is 9.46. The number of aryl methyl sites for hydroxylation is 2. The number of amides is 1. The van der Waals surface area contributed by atoms with E-state index in [0.717, 1.165) is 11.3 Å². The highest BCUT2D eigenvalue weighted by Gasteiger charge is 2.33. The molecule has 2 N–H and O–H groups in total. The van der Waals surface area contributed by atoms with Crippen LogP contribution >= 0.6 is 0 Å². The van der Waals surface area contributed by atoms with E-state index in [1.165, 1.54) is 11.1 Å². The molecule has 0 aliphatic carbocycles. The van der Waals surface area contributed by atoms with Crippen LogP contribution in [0.4, 0.5) is 0 Å². The molecule has 2 rings (SSSR count). The second-order valence-electron chi connectivity index (χ2n) is 6.92. The first-order valence-electron chi connectivity index (χ1n) is 7.45. The molecule has 1 heterocycles. The monoisotopic (exact) mass is 290 g/mol. The van der Waals surface area contributed by atoms with Crippen molar-refractivity contribution in [3.8, 4) is 5.75 Å². The van der Waals surface area contributed by atoms with Crippen molar-refractivity contribution in [2.45, 2.75) is 40.2 Å². The fourth-order valence-electron chi connectivity index (χ4n) is 2.68. The van der Waals surface area contributed by atoms with Crippen LogP contribution in [0.25, 0.3) is 0 Å². The molecule has 1 aliphatic rings. The Hall–Kier alpha value is -1.55. The number of rotatable bonds is 4. The third-order valence-electron chi connectivity index (χ3n) is 4.22. The van der Waals surface area contributed by atoms with E-state index < -0.39 is 6.10 Å². The van der Waals surface area contributed by atoms with E-state index in [2.05, 4.69) is 33.8 Å². The van der Waals surface area contributed by atoms with E-state index in [4.69, 9.17) is 10.5 Å². The first kappa shape index (κ1) is 15.8. The number of hydrogen-bond donors (Lipinski definition) is 1. The van der Waals surface area contributed by atoms with Gasteiger partial charge in [0.2, 0.25) is 0 Å². The molecule has 0 spiro atoms. The average Bonchev–Trinajstić information content (AvgIpc) is 2.80. The summed E-state index contributed by atoms with van der Waals surface area (Å²) in [5.41, 5.74) is 9.22. The van der Waals surface area contributed by atoms with Crippen LogP contribution in [0.2, 0.25) is 0 Å². The molecule has 0 fully saturated rings. The Morgan fingerprint density at radius 3 is 2.62 bits per heavy atom. The normalized spacial score (nSPS) is 17.3. The molecule has 4 nitrogen and oxygen atoms in total. The van der Waals surface area contributed by atoms with Crippen LogP contribution in [0.3, 0.4) is 0 Å². The van der Waals surface area contributed by atoms with Gasteiger partial charge in [-0.2, -0.15) is 0 Å². The fraction of sp³-hybridized carbons (Fsp3) is 0.588. The molecule has 0 saturated heterocycles. The van der Waals surface area contributed by atoms with Crippen molar-refractivity contribution in [1.82, 2.24) is 4.90 Å². The van der Waals surface area contributed by atoms with Crippen LogP contribution < -0.4 is 10.5 Å². The maximum Gasteiger partial charge on any atom is 0.263 e. The number of carbonyl (C=O) groups is 1. The summed E-state index contributed by atoms with van der Waals surface area (Å²) >= 11 is 0. The molecule has 0 saturated carbocycles. The van der Waals surface area contributed by atoms with Gasteiger partial charge in [-0.05, 0) is 48.6 Å². The third-order valence-corrected chi connectivity index (χ3v) is 4.22. The number of hydrogen-bond acceptors (Lipinski definition) is 3. The van der Waals surface area contributed by atoms with E-state index in [-0.39, 0.29) is 11.3 Å². The summed E-state index contributed by atoms with van der Waals surface area (Å²) in [6, 6.07) is 4.16. The minimum absolute atomic E-state index is 0.0306. The quantitative estimate of drug-likeness (QED) is 0.923. The molecule has 4 heteroatoms. The fourth-order valence-corrected chi connectivity index (χ4v) is 2.68. The van der Waals surface area contributed by atoms with Crippen LogP contribution in [-0.2, 0) is 11.2 Å². The Kier molecular flexibility index (Phi) is 4.28. The van der Waals surface area contributed by atoms with Crippen LogP contribution in [0.1, 0.15) is 30.5 Å². The van der Waals surface area contributed by atoms with Crippen molar-refractivity contribution < 1.29 is 9.53 Å². The summed E-state index contributed by atoms with van der Waals surface area (Å²) in [5.74, 6) is 0.881. The van der Waals surface area contributed by atoms with Crippen molar-refractivity contribution in [3.05, 3.63) is 28.8 Å². The van der Waals surface area contributed by atoms with Gasteiger partial charge >= 0.3 is 0 Å².